The minimum atomic E-state index is 0.734. The van der Waals surface area contributed by atoms with E-state index in [1.807, 2.05) is 40.1 Å². The SMILES string of the molecule is CCNc1cc(Nc2cn(C)nc2C)nc(C)n1. The van der Waals surface area contributed by atoms with Crippen molar-refractivity contribution in [2.75, 3.05) is 17.2 Å². The zero-order valence-corrected chi connectivity index (χ0v) is 11.2. The summed E-state index contributed by atoms with van der Waals surface area (Å²) in [6, 6.07) is 1.89. The molecule has 0 amide bonds. The zero-order valence-electron chi connectivity index (χ0n) is 11.2. The van der Waals surface area contributed by atoms with Gasteiger partial charge >= 0.3 is 0 Å². The van der Waals surface area contributed by atoms with Crippen LogP contribution in [-0.2, 0) is 7.05 Å². The number of anilines is 3. The molecule has 0 aromatic carbocycles. The van der Waals surface area contributed by atoms with E-state index in [1.54, 1.807) is 4.68 Å². The maximum atomic E-state index is 4.36. The average Bonchev–Trinajstić information content (AvgIpc) is 2.57. The van der Waals surface area contributed by atoms with Crippen molar-refractivity contribution < 1.29 is 0 Å². The van der Waals surface area contributed by atoms with Crippen LogP contribution in [0.25, 0.3) is 0 Å². The quantitative estimate of drug-likeness (QED) is 0.863. The highest BCUT2D eigenvalue weighted by atomic mass is 15.3. The molecule has 0 aliphatic carbocycles. The molecule has 2 heterocycles. The molecular formula is C12H18N6. The Morgan fingerprint density at radius 3 is 2.56 bits per heavy atom. The van der Waals surface area contributed by atoms with Gasteiger partial charge < -0.3 is 10.6 Å². The fourth-order valence-electron chi connectivity index (χ4n) is 1.76. The molecule has 6 nitrogen and oxygen atoms in total. The van der Waals surface area contributed by atoms with E-state index in [-0.39, 0.29) is 0 Å². The van der Waals surface area contributed by atoms with Gasteiger partial charge in [-0.25, -0.2) is 9.97 Å². The highest BCUT2D eigenvalue weighted by Gasteiger charge is 2.06. The lowest BCUT2D eigenvalue weighted by Gasteiger charge is -2.08. The summed E-state index contributed by atoms with van der Waals surface area (Å²) in [4.78, 5) is 8.67. The number of nitrogens with zero attached hydrogens (tertiary/aromatic N) is 4. The van der Waals surface area contributed by atoms with Gasteiger partial charge in [-0.3, -0.25) is 4.68 Å². The second-order valence-electron chi connectivity index (χ2n) is 4.14. The van der Waals surface area contributed by atoms with Crippen LogP contribution in [0.4, 0.5) is 17.3 Å². The summed E-state index contributed by atoms with van der Waals surface area (Å²) in [7, 11) is 1.90. The maximum absolute atomic E-state index is 4.36. The molecule has 2 N–H and O–H groups in total. The molecule has 0 aliphatic rings. The lowest BCUT2D eigenvalue weighted by Crippen LogP contribution is -2.04. The van der Waals surface area contributed by atoms with Gasteiger partial charge in [-0.2, -0.15) is 5.10 Å². The molecule has 0 aliphatic heterocycles. The molecule has 0 radical (unpaired) electrons. The summed E-state index contributed by atoms with van der Waals surface area (Å²) in [5.74, 6) is 2.33. The Bertz CT molecular complexity index is 545. The summed E-state index contributed by atoms with van der Waals surface area (Å²) >= 11 is 0. The molecule has 0 atom stereocenters. The third-order valence-electron chi connectivity index (χ3n) is 2.47. The molecule has 96 valence electrons. The Labute approximate surface area is 106 Å². The average molecular weight is 246 g/mol. The number of aromatic nitrogens is 4. The second kappa shape index (κ2) is 5.03. The van der Waals surface area contributed by atoms with Crippen molar-refractivity contribution in [1.29, 1.82) is 0 Å². The number of hydrogen-bond donors (Lipinski definition) is 2. The van der Waals surface area contributed by atoms with Crippen molar-refractivity contribution in [2.24, 2.45) is 7.05 Å². The van der Waals surface area contributed by atoms with Gasteiger partial charge in [0.05, 0.1) is 11.4 Å². The van der Waals surface area contributed by atoms with Crippen LogP contribution in [0, 0.1) is 13.8 Å². The van der Waals surface area contributed by atoms with E-state index in [0.717, 1.165) is 35.4 Å². The number of nitrogens with one attached hydrogen (secondary N) is 2. The summed E-state index contributed by atoms with van der Waals surface area (Å²) < 4.78 is 1.77. The fourth-order valence-corrected chi connectivity index (χ4v) is 1.76. The van der Waals surface area contributed by atoms with Gasteiger partial charge in [-0.1, -0.05) is 0 Å². The van der Waals surface area contributed by atoms with Crippen LogP contribution in [0.5, 0.6) is 0 Å². The molecule has 0 fully saturated rings. The smallest absolute Gasteiger partial charge is 0.136 e. The van der Waals surface area contributed by atoms with Crippen molar-refractivity contribution >= 4 is 17.3 Å². The van der Waals surface area contributed by atoms with Gasteiger partial charge in [0.15, 0.2) is 0 Å². The molecule has 6 heteroatoms. The number of rotatable bonds is 4. The molecular weight excluding hydrogens is 228 g/mol. The third-order valence-corrected chi connectivity index (χ3v) is 2.47. The first-order chi connectivity index (χ1) is 8.58. The summed E-state index contributed by atoms with van der Waals surface area (Å²) in [5, 5.41) is 10.7. The Balaban J connectivity index is 2.25. The molecule has 2 aromatic heterocycles. The van der Waals surface area contributed by atoms with Gasteiger partial charge in [0.2, 0.25) is 0 Å². The van der Waals surface area contributed by atoms with Gasteiger partial charge in [0.1, 0.15) is 17.5 Å². The fraction of sp³-hybridized carbons (Fsp3) is 0.417. The minimum absolute atomic E-state index is 0.734. The lowest BCUT2D eigenvalue weighted by atomic mass is 10.4. The summed E-state index contributed by atoms with van der Waals surface area (Å²) in [6.07, 6.45) is 1.93. The molecule has 2 aromatic rings. The van der Waals surface area contributed by atoms with Crippen LogP contribution in [0.1, 0.15) is 18.4 Å². The summed E-state index contributed by atoms with van der Waals surface area (Å²) in [6.45, 7) is 6.71. The number of aryl methyl sites for hydroxylation is 3. The first-order valence-corrected chi connectivity index (χ1v) is 5.95. The molecule has 0 unspecified atom stereocenters. The third kappa shape index (κ3) is 2.77. The highest BCUT2D eigenvalue weighted by molar-refractivity contribution is 5.60. The van der Waals surface area contributed by atoms with Gasteiger partial charge in [-0.05, 0) is 20.8 Å². The lowest BCUT2D eigenvalue weighted by molar-refractivity contribution is 0.756. The monoisotopic (exact) mass is 246 g/mol. The normalized spacial score (nSPS) is 10.4. The highest BCUT2D eigenvalue weighted by Crippen LogP contribution is 2.19. The van der Waals surface area contributed by atoms with E-state index in [0.29, 0.717) is 0 Å². The van der Waals surface area contributed by atoms with Gasteiger partial charge in [0, 0.05) is 25.9 Å². The van der Waals surface area contributed by atoms with Crippen LogP contribution in [0.15, 0.2) is 12.3 Å². The van der Waals surface area contributed by atoms with Crippen LogP contribution in [0.3, 0.4) is 0 Å². The molecule has 2 rings (SSSR count). The van der Waals surface area contributed by atoms with Crippen LogP contribution < -0.4 is 10.6 Å². The van der Waals surface area contributed by atoms with Crippen LogP contribution in [0.2, 0.25) is 0 Å². The Morgan fingerprint density at radius 2 is 1.94 bits per heavy atom. The van der Waals surface area contributed by atoms with E-state index in [9.17, 15) is 0 Å². The predicted octanol–water partition coefficient (Wildman–Crippen LogP) is 2.00. The van der Waals surface area contributed by atoms with E-state index in [2.05, 4.69) is 25.7 Å². The van der Waals surface area contributed by atoms with Crippen molar-refractivity contribution in [3.05, 3.63) is 23.8 Å². The standard InChI is InChI=1S/C12H18N6/c1-5-13-11-6-12(15-9(3)14-11)16-10-7-18(4)17-8(10)2/h6-7H,5H2,1-4H3,(H2,13,14,15,16). The first-order valence-electron chi connectivity index (χ1n) is 5.95. The summed E-state index contributed by atoms with van der Waals surface area (Å²) in [5.41, 5.74) is 1.90. The zero-order chi connectivity index (χ0) is 13.1. The predicted molar refractivity (Wildman–Crippen MR) is 72.2 cm³/mol. The van der Waals surface area contributed by atoms with E-state index < -0.39 is 0 Å². The largest absolute Gasteiger partial charge is 0.370 e. The second-order valence-corrected chi connectivity index (χ2v) is 4.14. The molecule has 0 bridgehead atoms. The molecule has 0 saturated carbocycles. The minimum Gasteiger partial charge on any atom is -0.370 e. The Kier molecular flexibility index (Phi) is 3.45. The van der Waals surface area contributed by atoms with E-state index >= 15 is 0 Å². The Morgan fingerprint density at radius 1 is 1.22 bits per heavy atom. The van der Waals surface area contributed by atoms with Crippen molar-refractivity contribution in [2.45, 2.75) is 20.8 Å². The van der Waals surface area contributed by atoms with Crippen molar-refractivity contribution in [1.82, 2.24) is 19.7 Å². The molecule has 18 heavy (non-hydrogen) atoms. The van der Waals surface area contributed by atoms with E-state index in [1.165, 1.54) is 0 Å². The molecule has 0 saturated heterocycles. The van der Waals surface area contributed by atoms with E-state index in [4.69, 9.17) is 0 Å². The van der Waals surface area contributed by atoms with Gasteiger partial charge in [-0.15, -0.1) is 0 Å². The molecule has 0 spiro atoms. The Hall–Kier alpha value is -2.11. The van der Waals surface area contributed by atoms with Gasteiger partial charge in [0.25, 0.3) is 0 Å². The maximum Gasteiger partial charge on any atom is 0.136 e. The van der Waals surface area contributed by atoms with Crippen LogP contribution in [-0.4, -0.2) is 26.3 Å². The van der Waals surface area contributed by atoms with Crippen LogP contribution >= 0.6 is 0 Å². The number of hydrogen-bond acceptors (Lipinski definition) is 5. The first kappa shape index (κ1) is 12.3. The topological polar surface area (TPSA) is 67.7 Å². The van der Waals surface area contributed by atoms with Crippen molar-refractivity contribution in [3.8, 4) is 0 Å². The van der Waals surface area contributed by atoms with Crippen molar-refractivity contribution in [3.63, 3.8) is 0 Å².